The first kappa shape index (κ1) is 18.8. The quantitative estimate of drug-likeness (QED) is 0.653. The minimum absolute atomic E-state index is 0.276. The first-order valence-corrected chi connectivity index (χ1v) is 9.32. The number of hydrogen-bond acceptors (Lipinski definition) is 4. The van der Waals surface area contributed by atoms with E-state index in [2.05, 4.69) is 28.9 Å². The first-order valence-electron chi connectivity index (χ1n) is 9.32. The second kappa shape index (κ2) is 8.58. The van der Waals surface area contributed by atoms with E-state index < -0.39 is 5.97 Å². The highest BCUT2D eigenvalue weighted by molar-refractivity contribution is 5.95. The van der Waals surface area contributed by atoms with Crippen molar-refractivity contribution < 1.29 is 9.90 Å². The number of nitrogens with zero attached hydrogens (tertiary/aromatic N) is 4. The zero-order valence-electron chi connectivity index (χ0n) is 15.7. The Morgan fingerprint density at radius 2 is 1.96 bits per heavy atom. The Morgan fingerprint density at radius 3 is 2.63 bits per heavy atom. The fourth-order valence-corrected chi connectivity index (χ4v) is 2.97. The van der Waals surface area contributed by atoms with Gasteiger partial charge < -0.3 is 5.11 Å². The van der Waals surface area contributed by atoms with Crippen LogP contribution in [0.4, 0.5) is 0 Å². The van der Waals surface area contributed by atoms with Crippen LogP contribution in [0.1, 0.15) is 54.4 Å². The molecule has 2 heterocycles. The Balaban J connectivity index is 1.83. The van der Waals surface area contributed by atoms with Crippen molar-refractivity contribution in [3.05, 3.63) is 65.5 Å². The predicted molar refractivity (Wildman–Crippen MR) is 104 cm³/mol. The van der Waals surface area contributed by atoms with Crippen molar-refractivity contribution in [2.45, 2.75) is 46.1 Å². The molecule has 1 aromatic carbocycles. The predicted octanol–water partition coefficient (Wildman–Crippen LogP) is 3.99. The summed E-state index contributed by atoms with van der Waals surface area (Å²) in [4.78, 5) is 20.6. The lowest BCUT2D eigenvalue weighted by molar-refractivity contribution is 0.0697. The van der Waals surface area contributed by atoms with Gasteiger partial charge in [0.05, 0.1) is 17.8 Å². The number of pyridine rings is 1. The van der Waals surface area contributed by atoms with E-state index in [1.807, 2.05) is 22.9 Å². The number of aromatic carboxylic acids is 1. The van der Waals surface area contributed by atoms with Gasteiger partial charge in [0.1, 0.15) is 5.82 Å². The molecule has 6 nitrogen and oxygen atoms in total. The van der Waals surface area contributed by atoms with Crippen LogP contribution in [0.15, 0.2) is 42.6 Å². The monoisotopic (exact) mass is 364 g/mol. The summed E-state index contributed by atoms with van der Waals surface area (Å²) in [6, 6.07) is 10.8. The van der Waals surface area contributed by atoms with Crippen LogP contribution in [0, 0.1) is 0 Å². The minimum atomic E-state index is -0.940. The van der Waals surface area contributed by atoms with Gasteiger partial charge in [-0.2, -0.15) is 5.10 Å². The van der Waals surface area contributed by atoms with Crippen molar-refractivity contribution >= 4 is 5.97 Å². The molecule has 0 saturated heterocycles. The number of carbonyl (C=O) groups is 1. The molecule has 0 unspecified atom stereocenters. The van der Waals surface area contributed by atoms with Gasteiger partial charge in [-0.1, -0.05) is 44.5 Å². The molecular weight excluding hydrogens is 340 g/mol. The molecular formula is C21H24N4O2. The summed E-state index contributed by atoms with van der Waals surface area (Å²) < 4.78 is 1.93. The van der Waals surface area contributed by atoms with Crippen LogP contribution >= 0.6 is 0 Å². The molecule has 0 radical (unpaired) electrons. The summed E-state index contributed by atoms with van der Waals surface area (Å²) in [5, 5.41) is 13.9. The van der Waals surface area contributed by atoms with E-state index in [0.717, 1.165) is 48.6 Å². The summed E-state index contributed by atoms with van der Waals surface area (Å²) in [5.41, 5.74) is 2.60. The Morgan fingerprint density at radius 1 is 1.15 bits per heavy atom. The maximum Gasteiger partial charge on any atom is 0.336 e. The van der Waals surface area contributed by atoms with Crippen LogP contribution in [0.25, 0.3) is 11.1 Å². The lowest BCUT2D eigenvalue weighted by atomic mass is 10.0. The Hall–Kier alpha value is -3.02. The van der Waals surface area contributed by atoms with E-state index >= 15 is 0 Å². The summed E-state index contributed by atoms with van der Waals surface area (Å²) in [6.45, 7) is 4.78. The van der Waals surface area contributed by atoms with Crippen LogP contribution in [0.3, 0.4) is 0 Å². The van der Waals surface area contributed by atoms with Gasteiger partial charge in [0.2, 0.25) is 0 Å². The number of carboxylic acids is 1. The Kier molecular flexibility index (Phi) is 5.96. The lowest BCUT2D eigenvalue weighted by Gasteiger charge is -2.08. The molecule has 0 amide bonds. The van der Waals surface area contributed by atoms with Gasteiger partial charge in [0.15, 0.2) is 5.82 Å². The fourth-order valence-electron chi connectivity index (χ4n) is 2.97. The van der Waals surface area contributed by atoms with Crippen LogP contribution in [-0.4, -0.2) is 30.8 Å². The number of unbranched alkanes of at least 4 members (excludes halogenated alkanes) is 1. The summed E-state index contributed by atoms with van der Waals surface area (Å²) in [6.07, 6.45) is 5.64. The van der Waals surface area contributed by atoms with E-state index in [1.54, 1.807) is 24.4 Å². The molecule has 3 aromatic rings. The van der Waals surface area contributed by atoms with Gasteiger partial charge in [-0.15, -0.1) is 0 Å². The van der Waals surface area contributed by atoms with Crippen molar-refractivity contribution in [2.24, 2.45) is 0 Å². The fraction of sp³-hybridized carbons (Fsp3) is 0.333. The molecule has 0 aliphatic heterocycles. The average Bonchev–Trinajstić information content (AvgIpc) is 3.08. The molecule has 2 aromatic heterocycles. The van der Waals surface area contributed by atoms with Crippen molar-refractivity contribution in [3.8, 4) is 11.1 Å². The van der Waals surface area contributed by atoms with Crippen molar-refractivity contribution in [2.75, 3.05) is 0 Å². The zero-order valence-corrected chi connectivity index (χ0v) is 15.7. The normalized spacial score (nSPS) is 10.9. The van der Waals surface area contributed by atoms with Crippen molar-refractivity contribution in [1.29, 1.82) is 0 Å². The van der Waals surface area contributed by atoms with E-state index in [9.17, 15) is 9.90 Å². The van der Waals surface area contributed by atoms with Crippen LogP contribution in [-0.2, 0) is 19.4 Å². The Labute approximate surface area is 158 Å². The number of aryl methyl sites for hydroxylation is 2. The van der Waals surface area contributed by atoms with Crippen LogP contribution in [0.2, 0.25) is 0 Å². The zero-order chi connectivity index (χ0) is 19.2. The largest absolute Gasteiger partial charge is 0.478 e. The van der Waals surface area contributed by atoms with E-state index in [-0.39, 0.29) is 5.56 Å². The second-order valence-electron chi connectivity index (χ2n) is 6.45. The number of benzene rings is 1. The molecule has 6 heteroatoms. The standard InChI is InChI=1S/C21H24N4O2/c1-3-5-10-20-23-19(4-2)24-25(20)14-16-12-11-15(13-22-16)17-8-6-7-9-18(17)21(26)27/h6-9,11-13H,3-5,10,14H2,1-2H3,(H,26,27). The number of rotatable bonds is 8. The van der Waals surface area contributed by atoms with Gasteiger partial charge in [0, 0.05) is 24.6 Å². The van der Waals surface area contributed by atoms with Gasteiger partial charge in [-0.05, 0) is 24.1 Å². The van der Waals surface area contributed by atoms with Crippen molar-refractivity contribution in [1.82, 2.24) is 19.7 Å². The SMILES string of the molecule is CCCCc1nc(CC)nn1Cc1ccc(-c2ccccc2C(=O)O)cn1. The Bertz CT molecular complexity index is 916. The second-order valence-corrected chi connectivity index (χ2v) is 6.45. The maximum atomic E-state index is 11.4. The highest BCUT2D eigenvalue weighted by atomic mass is 16.4. The summed E-state index contributed by atoms with van der Waals surface area (Å²) in [7, 11) is 0. The highest BCUT2D eigenvalue weighted by Gasteiger charge is 2.12. The average molecular weight is 364 g/mol. The molecule has 0 aliphatic rings. The topological polar surface area (TPSA) is 80.9 Å². The summed E-state index contributed by atoms with van der Waals surface area (Å²) in [5.74, 6) is 0.911. The van der Waals surface area contributed by atoms with Crippen LogP contribution in [0.5, 0.6) is 0 Å². The van der Waals surface area contributed by atoms with Crippen molar-refractivity contribution in [3.63, 3.8) is 0 Å². The van der Waals surface area contributed by atoms with Crippen LogP contribution < -0.4 is 0 Å². The minimum Gasteiger partial charge on any atom is -0.478 e. The maximum absolute atomic E-state index is 11.4. The van der Waals surface area contributed by atoms with E-state index in [1.165, 1.54) is 0 Å². The first-order chi connectivity index (χ1) is 13.1. The van der Waals surface area contributed by atoms with Gasteiger partial charge in [-0.3, -0.25) is 4.98 Å². The van der Waals surface area contributed by atoms with E-state index in [4.69, 9.17) is 0 Å². The number of carboxylic acid groups (broad SMARTS) is 1. The molecule has 1 N–H and O–H groups in total. The van der Waals surface area contributed by atoms with Gasteiger partial charge >= 0.3 is 5.97 Å². The molecule has 0 aliphatic carbocycles. The third kappa shape index (κ3) is 4.39. The number of hydrogen-bond donors (Lipinski definition) is 1. The molecule has 3 rings (SSSR count). The van der Waals surface area contributed by atoms with E-state index in [0.29, 0.717) is 12.1 Å². The molecule has 140 valence electrons. The number of aromatic nitrogens is 4. The molecule has 27 heavy (non-hydrogen) atoms. The smallest absolute Gasteiger partial charge is 0.336 e. The molecule has 0 fully saturated rings. The third-order valence-electron chi connectivity index (χ3n) is 4.47. The highest BCUT2D eigenvalue weighted by Crippen LogP contribution is 2.23. The molecule has 0 spiro atoms. The third-order valence-corrected chi connectivity index (χ3v) is 4.47. The molecule has 0 saturated carbocycles. The van der Waals surface area contributed by atoms with Gasteiger partial charge in [-0.25, -0.2) is 14.5 Å². The molecule has 0 bridgehead atoms. The lowest BCUT2D eigenvalue weighted by Crippen LogP contribution is -2.08. The van der Waals surface area contributed by atoms with Gasteiger partial charge in [0.25, 0.3) is 0 Å². The molecule has 0 atom stereocenters. The summed E-state index contributed by atoms with van der Waals surface area (Å²) >= 11 is 0.